The van der Waals surface area contributed by atoms with Crippen LogP contribution in [-0.2, 0) is 0 Å². The highest BCUT2D eigenvalue weighted by atomic mass is 32.1. The quantitative estimate of drug-likeness (QED) is 0.554. The summed E-state index contributed by atoms with van der Waals surface area (Å²) in [5, 5.41) is 4.54. The summed E-state index contributed by atoms with van der Waals surface area (Å²) in [4.78, 5) is 22.1. The fourth-order valence-corrected chi connectivity index (χ4v) is 3.99. The van der Waals surface area contributed by atoms with Gasteiger partial charge in [-0.25, -0.2) is 9.97 Å². The molecule has 0 radical (unpaired) electrons. The van der Waals surface area contributed by atoms with Crippen LogP contribution in [0.4, 0.5) is 0 Å². The zero-order valence-electron chi connectivity index (χ0n) is 12.9. The lowest BCUT2D eigenvalue weighted by molar-refractivity contribution is 0.929. The van der Waals surface area contributed by atoms with Gasteiger partial charge in [0.1, 0.15) is 9.71 Å². The first-order chi connectivity index (χ1) is 11.7. The minimum absolute atomic E-state index is 0.0722. The Bertz CT molecular complexity index is 1110. The molecule has 0 bridgehead atoms. The van der Waals surface area contributed by atoms with Crippen LogP contribution < -0.4 is 5.56 Å². The highest BCUT2D eigenvalue weighted by Crippen LogP contribution is 2.26. The van der Waals surface area contributed by atoms with E-state index in [2.05, 4.69) is 11.6 Å². The molecule has 4 nitrogen and oxygen atoms in total. The summed E-state index contributed by atoms with van der Waals surface area (Å²) in [5.41, 5.74) is 3.10. The summed E-state index contributed by atoms with van der Waals surface area (Å²) in [6.07, 6.45) is 1.73. The number of hydrogen-bond donors (Lipinski definition) is 0. The maximum Gasteiger partial charge on any atom is 0.276 e. The average molecular weight is 351 g/mol. The lowest BCUT2D eigenvalue weighted by Crippen LogP contribution is -2.23. The zero-order chi connectivity index (χ0) is 16.7. The van der Waals surface area contributed by atoms with Crippen LogP contribution in [0.5, 0.6) is 0 Å². The summed E-state index contributed by atoms with van der Waals surface area (Å²) < 4.78 is 2.30. The molecule has 0 unspecified atom stereocenters. The number of fused-ring (bicyclic) bond motifs is 1. The largest absolute Gasteiger partial charge is 0.276 e. The maximum absolute atomic E-state index is 13.1. The molecule has 0 aliphatic rings. The van der Waals surface area contributed by atoms with Gasteiger partial charge in [-0.2, -0.15) is 0 Å². The molecular formula is C18H13N3OS2. The van der Waals surface area contributed by atoms with E-state index in [0.717, 1.165) is 16.3 Å². The molecule has 0 aliphatic heterocycles. The lowest BCUT2D eigenvalue weighted by Gasteiger charge is -2.15. The molecule has 0 fully saturated rings. The molecule has 0 atom stereocenters. The lowest BCUT2D eigenvalue weighted by atomic mass is 10.2. The molecule has 4 aromatic rings. The highest BCUT2D eigenvalue weighted by Gasteiger charge is 2.19. The Hall–Kier alpha value is -2.57. The number of thiazole rings is 1. The van der Waals surface area contributed by atoms with Crippen molar-refractivity contribution in [3.63, 3.8) is 0 Å². The van der Waals surface area contributed by atoms with E-state index < -0.39 is 0 Å². The number of para-hydroxylation sites is 1. The van der Waals surface area contributed by atoms with Gasteiger partial charge >= 0.3 is 0 Å². The molecule has 0 amide bonds. The third-order valence-corrected chi connectivity index (χ3v) is 5.52. The van der Waals surface area contributed by atoms with Crippen LogP contribution >= 0.6 is 22.7 Å². The Balaban J connectivity index is 2.08. The number of hydrogen-bond acceptors (Lipinski definition) is 5. The van der Waals surface area contributed by atoms with Crippen molar-refractivity contribution in [2.45, 2.75) is 6.92 Å². The SMILES string of the molecule is C=C(c1nccs1)c1nc2ccsc2c(=O)n1-c1ccccc1C. The van der Waals surface area contributed by atoms with Crippen molar-refractivity contribution in [1.82, 2.24) is 14.5 Å². The minimum Gasteiger partial charge on any atom is -0.267 e. The first kappa shape index (κ1) is 15.0. The summed E-state index contributed by atoms with van der Waals surface area (Å²) in [6.45, 7) is 6.13. The van der Waals surface area contributed by atoms with E-state index in [1.54, 1.807) is 10.8 Å². The average Bonchev–Trinajstić information content (AvgIpc) is 3.26. The van der Waals surface area contributed by atoms with Crippen LogP contribution in [0.1, 0.15) is 16.4 Å². The Labute approximate surface area is 146 Å². The van der Waals surface area contributed by atoms with Crippen molar-refractivity contribution in [1.29, 1.82) is 0 Å². The summed E-state index contributed by atoms with van der Waals surface area (Å²) in [7, 11) is 0. The van der Waals surface area contributed by atoms with Gasteiger partial charge in [-0.05, 0) is 30.0 Å². The van der Waals surface area contributed by atoms with E-state index in [-0.39, 0.29) is 5.56 Å². The van der Waals surface area contributed by atoms with Gasteiger partial charge in [0, 0.05) is 17.2 Å². The van der Waals surface area contributed by atoms with Crippen molar-refractivity contribution in [2.75, 3.05) is 0 Å². The standard InChI is InChI=1S/C18H13N3OS2/c1-11-5-3-4-6-14(11)21-16(12(2)17-19-8-10-24-17)20-13-7-9-23-15(13)18(21)22/h3-10H,2H2,1H3. The van der Waals surface area contributed by atoms with Crippen molar-refractivity contribution >= 4 is 38.5 Å². The Morgan fingerprint density at radius 1 is 1.17 bits per heavy atom. The van der Waals surface area contributed by atoms with Gasteiger partial charge in [0.05, 0.1) is 11.2 Å². The van der Waals surface area contributed by atoms with Crippen LogP contribution in [0.25, 0.3) is 21.5 Å². The van der Waals surface area contributed by atoms with Crippen molar-refractivity contribution in [3.8, 4) is 5.69 Å². The Morgan fingerprint density at radius 2 is 2.00 bits per heavy atom. The van der Waals surface area contributed by atoms with E-state index in [9.17, 15) is 4.79 Å². The van der Waals surface area contributed by atoms with E-state index in [1.165, 1.54) is 22.7 Å². The molecular weight excluding hydrogens is 338 g/mol. The number of benzene rings is 1. The molecule has 0 saturated carbocycles. The van der Waals surface area contributed by atoms with Crippen molar-refractivity contribution in [3.05, 3.63) is 80.6 Å². The van der Waals surface area contributed by atoms with Crippen LogP contribution in [0.2, 0.25) is 0 Å². The Kier molecular flexibility index (Phi) is 3.63. The maximum atomic E-state index is 13.1. The van der Waals surface area contributed by atoms with E-state index in [1.807, 2.05) is 48.0 Å². The molecule has 1 aromatic carbocycles. The molecule has 118 valence electrons. The molecule has 3 aromatic heterocycles. The zero-order valence-corrected chi connectivity index (χ0v) is 14.5. The van der Waals surface area contributed by atoms with Gasteiger partial charge in [0.2, 0.25) is 0 Å². The minimum atomic E-state index is -0.0722. The molecule has 0 spiro atoms. The summed E-state index contributed by atoms with van der Waals surface area (Å²) in [5.74, 6) is 0.537. The monoisotopic (exact) mass is 351 g/mol. The number of aryl methyl sites for hydroxylation is 1. The number of aromatic nitrogens is 3. The highest BCUT2D eigenvalue weighted by molar-refractivity contribution is 7.17. The molecule has 3 heterocycles. The van der Waals surface area contributed by atoms with E-state index in [0.29, 0.717) is 21.6 Å². The second-order valence-corrected chi connectivity index (χ2v) is 7.12. The van der Waals surface area contributed by atoms with Crippen molar-refractivity contribution < 1.29 is 0 Å². The molecule has 0 aliphatic carbocycles. The Morgan fingerprint density at radius 3 is 2.75 bits per heavy atom. The number of thiophene rings is 1. The third kappa shape index (κ3) is 2.31. The smallest absolute Gasteiger partial charge is 0.267 e. The van der Waals surface area contributed by atoms with Gasteiger partial charge in [-0.1, -0.05) is 24.8 Å². The van der Waals surface area contributed by atoms with Gasteiger partial charge < -0.3 is 0 Å². The van der Waals surface area contributed by atoms with Gasteiger partial charge in [0.15, 0.2) is 5.82 Å². The third-order valence-electron chi connectivity index (χ3n) is 3.80. The van der Waals surface area contributed by atoms with Crippen LogP contribution in [0, 0.1) is 6.92 Å². The predicted octanol–water partition coefficient (Wildman–Crippen LogP) is 4.27. The number of nitrogens with zero attached hydrogens (tertiary/aromatic N) is 3. The predicted molar refractivity (Wildman–Crippen MR) is 100 cm³/mol. The van der Waals surface area contributed by atoms with Gasteiger partial charge in [-0.15, -0.1) is 22.7 Å². The first-order valence-corrected chi connectivity index (χ1v) is 9.08. The van der Waals surface area contributed by atoms with Crippen LogP contribution in [-0.4, -0.2) is 14.5 Å². The molecule has 6 heteroatoms. The molecule has 0 N–H and O–H groups in total. The second kappa shape index (κ2) is 5.81. The normalized spacial score (nSPS) is 11.0. The van der Waals surface area contributed by atoms with E-state index >= 15 is 0 Å². The fraction of sp³-hybridized carbons (Fsp3) is 0.0556. The molecule has 24 heavy (non-hydrogen) atoms. The van der Waals surface area contributed by atoms with Gasteiger partial charge in [0.25, 0.3) is 5.56 Å². The summed E-state index contributed by atoms with van der Waals surface area (Å²) in [6, 6.07) is 9.65. The first-order valence-electron chi connectivity index (χ1n) is 7.32. The fourth-order valence-electron chi connectivity index (χ4n) is 2.62. The second-order valence-electron chi connectivity index (χ2n) is 5.31. The molecule has 4 rings (SSSR count). The van der Waals surface area contributed by atoms with E-state index in [4.69, 9.17) is 4.98 Å². The van der Waals surface area contributed by atoms with Crippen LogP contribution in [0.3, 0.4) is 0 Å². The topological polar surface area (TPSA) is 47.8 Å². The summed E-state index contributed by atoms with van der Waals surface area (Å²) >= 11 is 2.89. The van der Waals surface area contributed by atoms with Crippen LogP contribution in [0.15, 0.2) is 58.7 Å². The number of rotatable bonds is 3. The molecule has 0 saturated heterocycles. The van der Waals surface area contributed by atoms with Gasteiger partial charge in [-0.3, -0.25) is 9.36 Å². The van der Waals surface area contributed by atoms with Crippen molar-refractivity contribution in [2.24, 2.45) is 0 Å².